The van der Waals surface area contributed by atoms with Crippen molar-refractivity contribution in [3.63, 3.8) is 0 Å². The van der Waals surface area contributed by atoms with Gasteiger partial charge in [0.15, 0.2) is 5.82 Å². The van der Waals surface area contributed by atoms with Crippen molar-refractivity contribution in [3.05, 3.63) is 27.8 Å². The van der Waals surface area contributed by atoms with Crippen LogP contribution >= 0.6 is 11.3 Å². The van der Waals surface area contributed by atoms with E-state index in [0.29, 0.717) is 29.8 Å². The molecule has 0 spiro atoms. The molecule has 0 saturated carbocycles. The summed E-state index contributed by atoms with van der Waals surface area (Å²) in [5.74, 6) is 2.20. The van der Waals surface area contributed by atoms with Gasteiger partial charge in [-0.1, -0.05) is 109 Å². The molecular formula is C37H70N4O3S2. The van der Waals surface area contributed by atoms with Crippen LogP contribution in [0.15, 0.2) is 9.90 Å². The van der Waals surface area contributed by atoms with Gasteiger partial charge in [-0.3, -0.25) is 0 Å². The second-order valence-corrected chi connectivity index (χ2v) is 23.4. The smallest absolute Gasteiger partial charge is 0.227 e. The third-order valence-electron chi connectivity index (χ3n) is 7.31. The Morgan fingerprint density at radius 2 is 1.24 bits per heavy atom. The molecule has 0 atom stereocenters. The Labute approximate surface area is 288 Å². The quantitative estimate of drug-likeness (QED) is 0.319. The largest absolute Gasteiger partial charge is 0.339 e. The van der Waals surface area contributed by atoms with Crippen LogP contribution in [0.1, 0.15) is 166 Å². The van der Waals surface area contributed by atoms with Gasteiger partial charge in [-0.25, -0.2) is 17.7 Å². The molecule has 1 aliphatic heterocycles. The van der Waals surface area contributed by atoms with E-state index in [1.807, 2.05) is 0 Å². The van der Waals surface area contributed by atoms with E-state index < -0.39 is 14.8 Å². The van der Waals surface area contributed by atoms with E-state index in [-0.39, 0.29) is 16.2 Å². The third kappa shape index (κ3) is 15.7. The Balaban J connectivity index is 0.000000349. The first-order valence-electron chi connectivity index (χ1n) is 17.1. The zero-order chi connectivity index (χ0) is 36.2. The lowest BCUT2D eigenvalue weighted by Crippen LogP contribution is -2.46. The van der Waals surface area contributed by atoms with Crippen LogP contribution in [-0.4, -0.2) is 45.7 Å². The van der Waals surface area contributed by atoms with Crippen LogP contribution in [0.4, 0.5) is 0 Å². The van der Waals surface area contributed by atoms with Gasteiger partial charge < -0.3 is 4.52 Å². The first-order valence-corrected chi connectivity index (χ1v) is 19.4. The van der Waals surface area contributed by atoms with Crippen LogP contribution in [0.3, 0.4) is 0 Å². The van der Waals surface area contributed by atoms with Crippen LogP contribution in [0.2, 0.25) is 0 Å². The molecule has 0 aromatic carbocycles. The highest BCUT2D eigenvalue weighted by Crippen LogP contribution is 2.33. The Kier molecular flexibility index (Phi) is 14.4. The number of hydrogen-bond acceptors (Lipinski definition) is 7. The van der Waals surface area contributed by atoms with Crippen LogP contribution in [-0.2, 0) is 33.7 Å². The molecule has 0 amide bonds. The molecule has 0 unspecified atom stereocenters. The Morgan fingerprint density at radius 1 is 0.739 bits per heavy atom. The standard InChI is InChI=1S/C14H29NO2S.C12H21NS.C11H20N2O/c1-13(2,3)11-12-7-9-15(10-8-12)18(16,17)14(4,5)6;1-11(2,3)7-9-8-14-10(13-9)12(4,5)6;1-10(2,3)7-8-12-9(13-14-8)11(4,5)6/h12H,7-11H2,1-6H3;8H,7H2,1-6H3;7H2,1-6H3. The Hall–Kier alpha value is -1.32. The first kappa shape index (κ1) is 42.7. The van der Waals surface area contributed by atoms with Crippen molar-refractivity contribution in [2.24, 2.45) is 22.2 Å². The summed E-state index contributed by atoms with van der Waals surface area (Å²) in [6.45, 7) is 39.6. The number of piperidine rings is 1. The minimum absolute atomic E-state index is 0.0281. The van der Waals surface area contributed by atoms with Gasteiger partial charge >= 0.3 is 0 Å². The van der Waals surface area contributed by atoms with Crippen molar-refractivity contribution in [1.29, 1.82) is 0 Å². The molecule has 1 fully saturated rings. The van der Waals surface area contributed by atoms with E-state index in [0.717, 1.165) is 37.4 Å². The number of hydrogen-bond donors (Lipinski definition) is 0. The minimum Gasteiger partial charge on any atom is -0.339 e. The van der Waals surface area contributed by atoms with Crippen molar-refractivity contribution >= 4 is 21.4 Å². The highest BCUT2D eigenvalue weighted by atomic mass is 32.2. The van der Waals surface area contributed by atoms with Crippen LogP contribution in [0.5, 0.6) is 0 Å². The minimum atomic E-state index is -3.13. The Bertz CT molecular complexity index is 1230. The molecule has 1 saturated heterocycles. The van der Waals surface area contributed by atoms with Gasteiger partial charge in [0.05, 0.1) is 15.4 Å². The van der Waals surface area contributed by atoms with Gasteiger partial charge in [0, 0.05) is 35.7 Å². The maximum absolute atomic E-state index is 12.3. The predicted octanol–water partition coefficient (Wildman–Crippen LogP) is 10.2. The van der Waals surface area contributed by atoms with Crippen LogP contribution in [0.25, 0.3) is 0 Å². The molecule has 3 rings (SSSR count). The molecule has 0 N–H and O–H groups in total. The molecule has 7 nitrogen and oxygen atoms in total. The molecule has 0 bridgehead atoms. The fraction of sp³-hybridized carbons (Fsp3) is 0.865. The molecule has 2 aromatic heterocycles. The molecule has 2 aromatic rings. The summed E-state index contributed by atoms with van der Waals surface area (Å²) < 4.78 is 30.9. The fourth-order valence-corrected chi connectivity index (χ4v) is 7.34. The van der Waals surface area contributed by atoms with E-state index in [1.54, 1.807) is 36.4 Å². The maximum Gasteiger partial charge on any atom is 0.227 e. The highest BCUT2D eigenvalue weighted by Gasteiger charge is 2.37. The zero-order valence-corrected chi connectivity index (χ0v) is 34.6. The molecule has 9 heteroatoms. The van der Waals surface area contributed by atoms with Gasteiger partial charge in [0.25, 0.3) is 0 Å². The van der Waals surface area contributed by atoms with E-state index in [9.17, 15) is 8.42 Å². The van der Waals surface area contributed by atoms with E-state index in [1.165, 1.54) is 17.1 Å². The molecule has 46 heavy (non-hydrogen) atoms. The SMILES string of the molecule is CC(C)(C)CC1CCN(S(=O)(=O)C(C)(C)C)CC1.CC(C)(C)Cc1csc(C(C)(C)C)n1.CC(C)(C)Cc1nc(C(C)(C)C)no1. The third-order valence-corrected chi connectivity index (χ3v) is 11.2. The van der Waals surface area contributed by atoms with Crippen molar-refractivity contribution in [1.82, 2.24) is 19.4 Å². The van der Waals surface area contributed by atoms with Gasteiger partial charge in [0.2, 0.25) is 15.9 Å². The Morgan fingerprint density at radius 3 is 1.59 bits per heavy atom. The van der Waals surface area contributed by atoms with Crippen molar-refractivity contribution in [3.8, 4) is 0 Å². The van der Waals surface area contributed by atoms with E-state index >= 15 is 0 Å². The predicted molar refractivity (Wildman–Crippen MR) is 197 cm³/mol. The summed E-state index contributed by atoms with van der Waals surface area (Å²) >= 11 is 1.79. The molecular weight excluding hydrogens is 613 g/mol. The second-order valence-electron chi connectivity index (χ2n) is 19.9. The molecule has 1 aliphatic rings. The fourth-order valence-electron chi connectivity index (χ4n) is 4.97. The van der Waals surface area contributed by atoms with Gasteiger partial charge in [-0.15, -0.1) is 11.3 Å². The number of thiazole rings is 1. The van der Waals surface area contributed by atoms with Gasteiger partial charge in [-0.05, 0) is 68.6 Å². The summed E-state index contributed by atoms with van der Waals surface area (Å²) in [7, 11) is -3.13. The highest BCUT2D eigenvalue weighted by molar-refractivity contribution is 7.90. The lowest BCUT2D eigenvalue weighted by molar-refractivity contribution is 0.205. The molecule has 268 valence electrons. The van der Waals surface area contributed by atoms with Crippen molar-refractivity contribution < 1.29 is 12.9 Å². The summed E-state index contributed by atoms with van der Waals surface area (Å²) in [5.41, 5.74) is 2.29. The number of aromatic nitrogens is 3. The molecule has 3 heterocycles. The average molecular weight is 683 g/mol. The molecule has 0 aliphatic carbocycles. The number of sulfonamides is 1. The van der Waals surface area contributed by atoms with Crippen LogP contribution < -0.4 is 0 Å². The van der Waals surface area contributed by atoms with E-state index in [2.05, 4.69) is 124 Å². The number of nitrogens with zero attached hydrogens (tertiary/aromatic N) is 4. The van der Waals surface area contributed by atoms with Crippen molar-refractivity contribution in [2.45, 2.75) is 172 Å². The summed E-state index contributed by atoms with van der Waals surface area (Å²) in [6, 6.07) is 0. The zero-order valence-electron chi connectivity index (χ0n) is 32.9. The monoisotopic (exact) mass is 682 g/mol. The average Bonchev–Trinajstić information content (AvgIpc) is 3.46. The van der Waals surface area contributed by atoms with E-state index in [4.69, 9.17) is 4.52 Å². The molecule has 0 radical (unpaired) electrons. The number of rotatable bonds is 4. The normalized spacial score (nSPS) is 16.4. The lowest BCUT2D eigenvalue weighted by atomic mass is 9.81. The van der Waals surface area contributed by atoms with Gasteiger partial charge in [-0.2, -0.15) is 4.98 Å². The lowest BCUT2D eigenvalue weighted by Gasteiger charge is -2.37. The van der Waals surface area contributed by atoms with Crippen LogP contribution in [0, 0.1) is 22.2 Å². The maximum atomic E-state index is 12.3. The first-order chi connectivity index (χ1) is 20.3. The summed E-state index contributed by atoms with van der Waals surface area (Å²) in [4.78, 5) is 9.07. The van der Waals surface area contributed by atoms with Crippen molar-refractivity contribution in [2.75, 3.05) is 13.1 Å². The van der Waals surface area contributed by atoms with Gasteiger partial charge in [0.1, 0.15) is 0 Å². The topological polar surface area (TPSA) is 89.2 Å². The summed E-state index contributed by atoms with van der Waals surface area (Å²) in [5, 5.41) is 7.43. The second kappa shape index (κ2) is 15.5. The summed E-state index contributed by atoms with van der Waals surface area (Å²) in [6.07, 6.45) is 5.10.